The van der Waals surface area contributed by atoms with Crippen molar-refractivity contribution in [3.05, 3.63) is 35.1 Å². The molecular formula is C23H31F4NO3. The minimum absolute atomic E-state index is 0.129. The van der Waals surface area contributed by atoms with Gasteiger partial charge in [0.05, 0.1) is 23.7 Å². The topological polar surface area (TPSA) is 46.6 Å². The Kier molecular flexibility index (Phi) is 9.78. The van der Waals surface area contributed by atoms with E-state index in [-0.39, 0.29) is 25.0 Å². The average molecular weight is 445 g/mol. The second-order valence-corrected chi connectivity index (χ2v) is 8.04. The van der Waals surface area contributed by atoms with Gasteiger partial charge in [-0.15, -0.1) is 0 Å². The highest BCUT2D eigenvalue weighted by Crippen LogP contribution is 2.33. The fourth-order valence-electron chi connectivity index (χ4n) is 3.78. The maximum Gasteiger partial charge on any atom is 0.417 e. The fourth-order valence-corrected chi connectivity index (χ4v) is 3.78. The van der Waals surface area contributed by atoms with Gasteiger partial charge < -0.3 is 9.64 Å². The molecule has 2 rings (SSSR count). The van der Waals surface area contributed by atoms with Crippen molar-refractivity contribution in [1.82, 2.24) is 4.90 Å². The third-order valence-corrected chi connectivity index (χ3v) is 5.63. The van der Waals surface area contributed by atoms with Gasteiger partial charge in [0.25, 0.3) is 5.91 Å². The molecule has 1 aromatic carbocycles. The Bertz CT molecular complexity index is 728. The lowest BCUT2D eigenvalue weighted by Gasteiger charge is -2.31. The number of piperidine rings is 1. The number of hydrogen-bond acceptors (Lipinski definition) is 3. The molecule has 0 N–H and O–H groups in total. The molecule has 0 saturated carbocycles. The number of amides is 1. The van der Waals surface area contributed by atoms with E-state index in [1.165, 1.54) is 30.6 Å². The summed E-state index contributed by atoms with van der Waals surface area (Å²) in [6, 6.07) is 1.89. The van der Waals surface area contributed by atoms with Crippen LogP contribution in [0.5, 0.6) is 0 Å². The smallest absolute Gasteiger partial charge is 0.417 e. The van der Waals surface area contributed by atoms with Crippen molar-refractivity contribution in [3.8, 4) is 0 Å². The average Bonchev–Trinajstić information content (AvgIpc) is 2.74. The molecule has 0 aliphatic carbocycles. The predicted octanol–water partition coefficient (Wildman–Crippen LogP) is 5.99. The van der Waals surface area contributed by atoms with Crippen LogP contribution in [0.4, 0.5) is 17.6 Å². The van der Waals surface area contributed by atoms with Gasteiger partial charge in [0.15, 0.2) is 0 Å². The van der Waals surface area contributed by atoms with E-state index in [2.05, 4.69) is 6.92 Å². The van der Waals surface area contributed by atoms with Crippen LogP contribution in [-0.4, -0.2) is 36.5 Å². The van der Waals surface area contributed by atoms with E-state index in [4.69, 9.17) is 4.74 Å². The van der Waals surface area contributed by atoms with Crippen LogP contribution in [0.25, 0.3) is 0 Å². The van der Waals surface area contributed by atoms with Crippen LogP contribution in [0.15, 0.2) is 18.2 Å². The second-order valence-electron chi connectivity index (χ2n) is 8.04. The Balaban J connectivity index is 1.78. The van der Waals surface area contributed by atoms with E-state index in [1.807, 2.05) is 0 Å². The van der Waals surface area contributed by atoms with E-state index in [9.17, 15) is 27.2 Å². The quantitative estimate of drug-likeness (QED) is 0.252. The number of carbonyl (C=O) groups is 2. The monoisotopic (exact) mass is 445 g/mol. The zero-order chi connectivity index (χ0) is 22.9. The SMILES string of the molecule is CCCCCCCCCOC(=O)C1CCN(C(=O)c2cc(F)ccc2C(F)(F)F)CC1. The van der Waals surface area contributed by atoms with Crippen molar-refractivity contribution in [1.29, 1.82) is 0 Å². The summed E-state index contributed by atoms with van der Waals surface area (Å²) < 4.78 is 58.3. The fraction of sp³-hybridized carbons (Fsp3) is 0.652. The van der Waals surface area contributed by atoms with Crippen LogP contribution in [0, 0.1) is 11.7 Å². The number of alkyl halides is 3. The number of esters is 1. The Morgan fingerprint density at radius 1 is 1.03 bits per heavy atom. The van der Waals surface area contributed by atoms with Crippen LogP contribution in [-0.2, 0) is 15.7 Å². The molecule has 4 nitrogen and oxygen atoms in total. The lowest BCUT2D eigenvalue weighted by atomic mass is 9.96. The van der Waals surface area contributed by atoms with Gasteiger partial charge in [0.2, 0.25) is 0 Å². The largest absolute Gasteiger partial charge is 0.465 e. The summed E-state index contributed by atoms with van der Waals surface area (Å²) in [5, 5.41) is 0. The summed E-state index contributed by atoms with van der Waals surface area (Å²) in [6.45, 7) is 2.79. The molecule has 1 aliphatic heterocycles. The molecule has 31 heavy (non-hydrogen) atoms. The van der Waals surface area contributed by atoms with Gasteiger partial charge in [0.1, 0.15) is 5.82 Å². The number of rotatable bonds is 10. The highest BCUT2D eigenvalue weighted by molar-refractivity contribution is 5.96. The molecule has 0 unspecified atom stereocenters. The summed E-state index contributed by atoms with van der Waals surface area (Å²) in [6.07, 6.45) is 3.70. The first-order valence-corrected chi connectivity index (χ1v) is 11.1. The molecule has 0 aromatic heterocycles. The molecule has 0 spiro atoms. The van der Waals surface area contributed by atoms with Gasteiger partial charge in [-0.3, -0.25) is 9.59 Å². The Morgan fingerprint density at radius 2 is 1.65 bits per heavy atom. The number of ether oxygens (including phenoxy) is 1. The van der Waals surface area contributed by atoms with E-state index in [0.717, 1.165) is 19.3 Å². The molecule has 0 bridgehead atoms. The number of likely N-dealkylation sites (tertiary alicyclic amines) is 1. The zero-order valence-electron chi connectivity index (χ0n) is 18.0. The third kappa shape index (κ3) is 7.82. The van der Waals surface area contributed by atoms with Crippen molar-refractivity contribution in [2.24, 2.45) is 5.92 Å². The number of nitrogens with zero attached hydrogens (tertiary/aromatic N) is 1. The van der Waals surface area contributed by atoms with E-state index in [0.29, 0.717) is 37.6 Å². The molecule has 174 valence electrons. The highest BCUT2D eigenvalue weighted by Gasteiger charge is 2.37. The number of carbonyl (C=O) groups excluding carboxylic acids is 2. The standard InChI is InChI=1S/C23H31F4NO3/c1-2-3-4-5-6-7-8-15-31-22(30)17-11-13-28(14-12-17)21(29)19-16-18(24)9-10-20(19)23(25,26)27/h9-10,16-17H,2-8,11-15H2,1H3. The van der Waals surface area contributed by atoms with E-state index >= 15 is 0 Å². The normalized spacial score (nSPS) is 15.2. The van der Waals surface area contributed by atoms with Gasteiger partial charge in [-0.2, -0.15) is 13.2 Å². The molecule has 1 fully saturated rings. The second kappa shape index (κ2) is 12.1. The lowest BCUT2D eigenvalue weighted by Crippen LogP contribution is -2.41. The van der Waals surface area contributed by atoms with Crippen molar-refractivity contribution in [2.75, 3.05) is 19.7 Å². The summed E-state index contributed by atoms with van der Waals surface area (Å²) in [7, 11) is 0. The molecule has 1 heterocycles. The van der Waals surface area contributed by atoms with Gasteiger partial charge in [0, 0.05) is 13.1 Å². The molecule has 1 aliphatic rings. The van der Waals surface area contributed by atoms with Gasteiger partial charge >= 0.3 is 12.1 Å². The summed E-state index contributed by atoms with van der Waals surface area (Å²) in [5.41, 5.74) is -1.86. The molecule has 1 saturated heterocycles. The minimum atomic E-state index is -4.75. The lowest BCUT2D eigenvalue weighted by molar-refractivity contribution is -0.150. The van der Waals surface area contributed by atoms with Crippen molar-refractivity contribution >= 4 is 11.9 Å². The van der Waals surface area contributed by atoms with Crippen LogP contribution in [0.3, 0.4) is 0 Å². The van der Waals surface area contributed by atoms with Crippen molar-refractivity contribution < 1.29 is 31.9 Å². The minimum Gasteiger partial charge on any atom is -0.465 e. The summed E-state index contributed by atoms with van der Waals surface area (Å²) in [5.74, 6) is -2.47. The molecule has 1 amide bonds. The zero-order valence-corrected chi connectivity index (χ0v) is 18.0. The summed E-state index contributed by atoms with van der Waals surface area (Å²) >= 11 is 0. The highest BCUT2D eigenvalue weighted by atomic mass is 19.4. The number of halogens is 4. The van der Waals surface area contributed by atoms with Crippen LogP contribution in [0.1, 0.15) is 80.6 Å². The first kappa shape index (κ1) is 25.1. The van der Waals surface area contributed by atoms with E-state index < -0.39 is 29.0 Å². The maximum absolute atomic E-state index is 13.5. The number of unbranched alkanes of at least 4 members (excludes halogenated alkanes) is 6. The first-order valence-electron chi connectivity index (χ1n) is 11.1. The third-order valence-electron chi connectivity index (χ3n) is 5.63. The summed E-state index contributed by atoms with van der Waals surface area (Å²) in [4.78, 5) is 26.0. The predicted molar refractivity (Wildman–Crippen MR) is 109 cm³/mol. The molecule has 0 atom stereocenters. The van der Waals surface area contributed by atoms with Crippen molar-refractivity contribution in [3.63, 3.8) is 0 Å². The molecule has 1 aromatic rings. The van der Waals surface area contributed by atoms with Gasteiger partial charge in [-0.25, -0.2) is 4.39 Å². The Morgan fingerprint density at radius 3 is 2.26 bits per heavy atom. The maximum atomic E-state index is 13.5. The van der Waals surface area contributed by atoms with Crippen molar-refractivity contribution in [2.45, 2.75) is 70.9 Å². The molecule has 0 radical (unpaired) electrons. The van der Waals surface area contributed by atoms with Crippen LogP contribution in [0.2, 0.25) is 0 Å². The van der Waals surface area contributed by atoms with Crippen LogP contribution < -0.4 is 0 Å². The van der Waals surface area contributed by atoms with E-state index in [1.54, 1.807) is 0 Å². The molecule has 8 heteroatoms. The first-order chi connectivity index (χ1) is 14.7. The Labute approximate surface area is 180 Å². The molecular weight excluding hydrogens is 414 g/mol. The number of hydrogen-bond donors (Lipinski definition) is 0. The van der Waals surface area contributed by atoms with Crippen LogP contribution >= 0.6 is 0 Å². The van der Waals surface area contributed by atoms with Gasteiger partial charge in [-0.1, -0.05) is 45.4 Å². The Hall–Kier alpha value is -2.12. The van der Waals surface area contributed by atoms with Gasteiger partial charge in [-0.05, 0) is 37.5 Å². The number of benzene rings is 1.